The minimum absolute atomic E-state index is 0.379. The fourth-order valence-electron chi connectivity index (χ4n) is 2.15. The van der Waals surface area contributed by atoms with Crippen LogP contribution in [0.15, 0.2) is 48.8 Å². The van der Waals surface area contributed by atoms with Crippen molar-refractivity contribution in [3.8, 4) is 11.1 Å². The maximum atomic E-state index is 10.9. The highest BCUT2D eigenvalue weighted by Gasteiger charge is 2.09. The van der Waals surface area contributed by atoms with Crippen molar-refractivity contribution < 1.29 is 9.90 Å². The van der Waals surface area contributed by atoms with E-state index in [0.29, 0.717) is 11.0 Å². The van der Waals surface area contributed by atoms with Gasteiger partial charge in [0.15, 0.2) is 0 Å². The molecule has 5 nitrogen and oxygen atoms in total. The van der Waals surface area contributed by atoms with Crippen LogP contribution in [0.1, 0.15) is 0 Å². The number of fused-ring (bicyclic) bond motifs is 1. The summed E-state index contributed by atoms with van der Waals surface area (Å²) in [5.41, 5.74) is 1.88. The monoisotopic (exact) mass is 313 g/mol. The number of benzene rings is 1. The molecule has 2 aromatic heterocycles. The van der Waals surface area contributed by atoms with Gasteiger partial charge in [0.05, 0.1) is 0 Å². The number of anilines is 1. The van der Waals surface area contributed by atoms with Gasteiger partial charge in [0.25, 0.3) is 0 Å². The van der Waals surface area contributed by atoms with Crippen molar-refractivity contribution in [2.75, 3.05) is 11.9 Å². The largest absolute Gasteiger partial charge is 0.465 e. The molecule has 3 aromatic rings. The summed E-state index contributed by atoms with van der Waals surface area (Å²) in [5, 5.41) is 11.4. The Morgan fingerprint density at radius 1 is 1.05 bits per heavy atom. The van der Waals surface area contributed by atoms with Gasteiger partial charge in [-0.1, -0.05) is 23.7 Å². The van der Waals surface area contributed by atoms with Crippen molar-refractivity contribution in [2.45, 2.75) is 0 Å². The summed E-state index contributed by atoms with van der Waals surface area (Å²) in [6.45, 7) is 0. The molecule has 0 bridgehead atoms. The number of pyridine rings is 2. The van der Waals surface area contributed by atoms with Crippen molar-refractivity contribution in [2.24, 2.45) is 0 Å². The lowest BCUT2D eigenvalue weighted by molar-refractivity contribution is 0.203. The highest BCUT2D eigenvalue weighted by molar-refractivity contribution is 6.30. The Morgan fingerprint density at radius 3 is 2.50 bits per heavy atom. The molecular weight excluding hydrogens is 302 g/mol. The zero-order valence-corrected chi connectivity index (χ0v) is 12.4. The van der Waals surface area contributed by atoms with Crippen LogP contribution in [0.4, 0.5) is 10.6 Å². The van der Waals surface area contributed by atoms with Crippen LogP contribution in [0.25, 0.3) is 21.9 Å². The van der Waals surface area contributed by atoms with E-state index in [-0.39, 0.29) is 0 Å². The van der Waals surface area contributed by atoms with E-state index in [4.69, 9.17) is 16.7 Å². The third-order valence-corrected chi connectivity index (χ3v) is 3.61. The van der Waals surface area contributed by atoms with Crippen molar-refractivity contribution in [1.82, 2.24) is 9.97 Å². The molecule has 3 rings (SSSR count). The summed E-state index contributed by atoms with van der Waals surface area (Å²) < 4.78 is 0. The molecule has 0 atom stereocenters. The molecule has 0 saturated carbocycles. The summed E-state index contributed by atoms with van der Waals surface area (Å²) in [6.07, 6.45) is 2.33. The molecule has 0 saturated heterocycles. The van der Waals surface area contributed by atoms with Crippen LogP contribution in [-0.2, 0) is 0 Å². The summed E-state index contributed by atoms with van der Waals surface area (Å²) in [4.78, 5) is 20.2. The standard InChI is InChI=1S/C16H12ClN3O2/c1-20(16(21)22)15-5-4-11(9-19-15)10-2-3-12-8-18-14(17)7-13(12)6-10/h2-9H,1H3,(H,21,22). The van der Waals surface area contributed by atoms with Gasteiger partial charge in [-0.05, 0) is 35.2 Å². The lowest BCUT2D eigenvalue weighted by Gasteiger charge is -2.12. The number of aromatic nitrogens is 2. The highest BCUT2D eigenvalue weighted by atomic mass is 35.5. The van der Waals surface area contributed by atoms with Crippen LogP contribution < -0.4 is 4.90 Å². The molecule has 0 unspecified atom stereocenters. The van der Waals surface area contributed by atoms with Gasteiger partial charge >= 0.3 is 6.09 Å². The zero-order chi connectivity index (χ0) is 15.7. The number of rotatable bonds is 2. The Hall–Kier alpha value is -2.66. The van der Waals surface area contributed by atoms with Crippen LogP contribution in [0, 0.1) is 0 Å². The number of carboxylic acid groups (broad SMARTS) is 1. The average Bonchev–Trinajstić information content (AvgIpc) is 2.53. The smallest absolute Gasteiger partial charge is 0.412 e. The number of hydrogen-bond donors (Lipinski definition) is 1. The first kappa shape index (κ1) is 14.3. The van der Waals surface area contributed by atoms with Crippen LogP contribution in [-0.4, -0.2) is 28.2 Å². The van der Waals surface area contributed by atoms with Gasteiger partial charge in [-0.15, -0.1) is 0 Å². The molecule has 0 aliphatic heterocycles. The maximum absolute atomic E-state index is 10.9. The molecule has 0 aliphatic rings. The summed E-state index contributed by atoms with van der Waals surface area (Å²) in [5.74, 6) is 0.379. The first-order chi connectivity index (χ1) is 10.5. The Kier molecular flexibility index (Phi) is 3.65. The van der Waals surface area contributed by atoms with Crippen molar-refractivity contribution in [3.63, 3.8) is 0 Å². The van der Waals surface area contributed by atoms with Gasteiger partial charge in [0.2, 0.25) is 0 Å². The van der Waals surface area contributed by atoms with E-state index < -0.39 is 6.09 Å². The first-order valence-corrected chi connectivity index (χ1v) is 6.91. The van der Waals surface area contributed by atoms with E-state index in [0.717, 1.165) is 26.8 Å². The molecule has 0 aliphatic carbocycles. The normalized spacial score (nSPS) is 10.6. The summed E-state index contributed by atoms with van der Waals surface area (Å²) in [6, 6.07) is 11.3. The first-order valence-electron chi connectivity index (χ1n) is 6.53. The molecule has 1 amide bonds. The molecule has 0 radical (unpaired) electrons. The molecule has 1 aromatic carbocycles. The number of amides is 1. The van der Waals surface area contributed by atoms with Crippen LogP contribution in [0.3, 0.4) is 0 Å². The molecule has 110 valence electrons. The number of halogens is 1. The Balaban J connectivity index is 1.98. The predicted molar refractivity (Wildman–Crippen MR) is 86.4 cm³/mol. The lowest BCUT2D eigenvalue weighted by atomic mass is 10.0. The minimum atomic E-state index is -1.05. The predicted octanol–water partition coefficient (Wildman–Crippen LogP) is 4.06. The van der Waals surface area contributed by atoms with Crippen LogP contribution in [0.2, 0.25) is 5.15 Å². The number of nitrogens with zero attached hydrogens (tertiary/aromatic N) is 3. The third-order valence-electron chi connectivity index (χ3n) is 3.40. The quantitative estimate of drug-likeness (QED) is 0.724. The molecule has 6 heteroatoms. The average molecular weight is 314 g/mol. The van der Waals surface area contributed by atoms with E-state index in [2.05, 4.69) is 9.97 Å². The van der Waals surface area contributed by atoms with E-state index >= 15 is 0 Å². The van der Waals surface area contributed by atoms with Crippen molar-refractivity contribution in [1.29, 1.82) is 0 Å². The van der Waals surface area contributed by atoms with Crippen molar-refractivity contribution in [3.05, 3.63) is 53.9 Å². The molecule has 0 spiro atoms. The Labute approximate surface area is 131 Å². The van der Waals surface area contributed by atoms with Gasteiger partial charge in [0.1, 0.15) is 11.0 Å². The second-order valence-corrected chi connectivity index (χ2v) is 5.20. The van der Waals surface area contributed by atoms with Crippen LogP contribution >= 0.6 is 11.6 Å². The van der Waals surface area contributed by atoms with E-state index in [1.807, 2.05) is 24.3 Å². The van der Waals surface area contributed by atoms with Gasteiger partial charge in [-0.25, -0.2) is 14.8 Å². The maximum Gasteiger partial charge on any atom is 0.412 e. The van der Waals surface area contributed by atoms with Gasteiger partial charge in [-0.2, -0.15) is 0 Å². The molecular formula is C16H12ClN3O2. The Bertz CT molecular complexity index is 850. The topological polar surface area (TPSA) is 66.3 Å². The zero-order valence-electron chi connectivity index (χ0n) is 11.7. The molecule has 2 heterocycles. The second-order valence-electron chi connectivity index (χ2n) is 4.82. The second kappa shape index (κ2) is 5.61. The molecule has 0 fully saturated rings. The van der Waals surface area contributed by atoms with Gasteiger partial charge in [0, 0.05) is 30.4 Å². The van der Waals surface area contributed by atoms with Crippen LogP contribution in [0.5, 0.6) is 0 Å². The van der Waals surface area contributed by atoms with Gasteiger partial charge in [-0.3, -0.25) is 4.90 Å². The van der Waals surface area contributed by atoms with Crippen molar-refractivity contribution >= 4 is 34.3 Å². The van der Waals surface area contributed by atoms with E-state index in [9.17, 15) is 4.79 Å². The number of hydrogen-bond acceptors (Lipinski definition) is 3. The Morgan fingerprint density at radius 2 is 1.82 bits per heavy atom. The van der Waals surface area contributed by atoms with E-state index in [1.54, 1.807) is 24.5 Å². The van der Waals surface area contributed by atoms with Gasteiger partial charge < -0.3 is 5.11 Å². The summed E-state index contributed by atoms with van der Waals surface area (Å²) in [7, 11) is 1.45. The third kappa shape index (κ3) is 2.71. The molecule has 1 N–H and O–H groups in total. The lowest BCUT2D eigenvalue weighted by Crippen LogP contribution is -2.24. The summed E-state index contributed by atoms with van der Waals surface area (Å²) >= 11 is 5.92. The SMILES string of the molecule is CN(C(=O)O)c1ccc(-c2ccc3cnc(Cl)cc3c2)cn1. The number of carbonyl (C=O) groups is 1. The fraction of sp³-hybridized carbons (Fsp3) is 0.0625. The highest BCUT2D eigenvalue weighted by Crippen LogP contribution is 2.26. The fourth-order valence-corrected chi connectivity index (χ4v) is 2.31. The van der Waals surface area contributed by atoms with E-state index in [1.165, 1.54) is 7.05 Å². The minimum Gasteiger partial charge on any atom is -0.465 e. The molecule has 22 heavy (non-hydrogen) atoms.